The zero-order valence-corrected chi connectivity index (χ0v) is 10.1. The molecule has 0 saturated carbocycles. The first-order chi connectivity index (χ1) is 7.48. The number of nitrogens with one attached hydrogen (secondary N) is 1. The Bertz CT molecular complexity index is 323. The van der Waals surface area contributed by atoms with Crippen LogP contribution in [-0.4, -0.2) is 17.7 Å². The van der Waals surface area contributed by atoms with Gasteiger partial charge in [-0.3, -0.25) is 0 Å². The molecule has 0 aliphatic carbocycles. The molecule has 0 aliphatic rings. The fourth-order valence-electron chi connectivity index (χ4n) is 1.56. The minimum atomic E-state index is -0.919. The quantitative estimate of drug-likeness (QED) is 0.806. The van der Waals surface area contributed by atoms with E-state index in [0.717, 1.165) is 5.56 Å². The predicted octanol–water partition coefficient (Wildman–Crippen LogP) is 2.42. The van der Waals surface area contributed by atoms with E-state index in [-0.39, 0.29) is 5.82 Å². The van der Waals surface area contributed by atoms with Crippen molar-refractivity contribution in [3.63, 3.8) is 0 Å². The van der Waals surface area contributed by atoms with Crippen molar-refractivity contribution in [2.75, 3.05) is 6.54 Å². The standard InChI is InChI=1S/C13H20FNO/c1-4-13(16,9-15-10(2)3)11-5-7-12(14)8-6-11/h5-8,10,15-16H,4,9H2,1-3H3. The fourth-order valence-corrected chi connectivity index (χ4v) is 1.56. The second kappa shape index (κ2) is 5.41. The molecule has 0 radical (unpaired) electrons. The van der Waals surface area contributed by atoms with Gasteiger partial charge in [0.25, 0.3) is 0 Å². The molecule has 90 valence electrons. The van der Waals surface area contributed by atoms with Crippen LogP contribution in [0.25, 0.3) is 0 Å². The molecule has 0 bridgehead atoms. The third kappa shape index (κ3) is 3.29. The minimum Gasteiger partial charge on any atom is -0.384 e. The zero-order valence-electron chi connectivity index (χ0n) is 10.1. The van der Waals surface area contributed by atoms with Crippen molar-refractivity contribution in [1.29, 1.82) is 0 Å². The van der Waals surface area contributed by atoms with Gasteiger partial charge in [0, 0.05) is 12.6 Å². The van der Waals surface area contributed by atoms with Crippen LogP contribution in [0.3, 0.4) is 0 Å². The highest BCUT2D eigenvalue weighted by Crippen LogP contribution is 2.24. The normalized spacial score (nSPS) is 15.1. The zero-order chi connectivity index (χ0) is 12.2. The van der Waals surface area contributed by atoms with Gasteiger partial charge in [0.1, 0.15) is 11.4 Å². The number of benzene rings is 1. The lowest BCUT2D eigenvalue weighted by Gasteiger charge is -2.28. The van der Waals surface area contributed by atoms with Crippen molar-refractivity contribution in [2.45, 2.75) is 38.8 Å². The molecule has 1 rings (SSSR count). The molecule has 0 heterocycles. The Hall–Kier alpha value is -0.930. The molecule has 2 N–H and O–H groups in total. The first-order valence-corrected chi connectivity index (χ1v) is 5.70. The van der Waals surface area contributed by atoms with Crippen LogP contribution in [0.5, 0.6) is 0 Å². The average molecular weight is 225 g/mol. The molecule has 0 amide bonds. The molecule has 16 heavy (non-hydrogen) atoms. The van der Waals surface area contributed by atoms with Crippen molar-refractivity contribution in [3.05, 3.63) is 35.6 Å². The number of hydrogen-bond acceptors (Lipinski definition) is 2. The van der Waals surface area contributed by atoms with Crippen LogP contribution in [0.2, 0.25) is 0 Å². The van der Waals surface area contributed by atoms with Gasteiger partial charge in [-0.15, -0.1) is 0 Å². The van der Waals surface area contributed by atoms with Crippen molar-refractivity contribution in [3.8, 4) is 0 Å². The third-order valence-electron chi connectivity index (χ3n) is 2.77. The highest BCUT2D eigenvalue weighted by Gasteiger charge is 2.26. The van der Waals surface area contributed by atoms with Gasteiger partial charge in [0.05, 0.1) is 0 Å². The van der Waals surface area contributed by atoms with Gasteiger partial charge in [0.2, 0.25) is 0 Å². The molecule has 0 aromatic heterocycles. The van der Waals surface area contributed by atoms with E-state index in [4.69, 9.17) is 0 Å². The average Bonchev–Trinajstić information content (AvgIpc) is 2.27. The Labute approximate surface area is 96.5 Å². The fraction of sp³-hybridized carbons (Fsp3) is 0.538. The first kappa shape index (κ1) is 13.1. The molecule has 0 spiro atoms. The second-order valence-electron chi connectivity index (χ2n) is 4.43. The molecule has 0 fully saturated rings. The summed E-state index contributed by atoms with van der Waals surface area (Å²) in [6, 6.07) is 6.36. The van der Waals surface area contributed by atoms with Crippen LogP contribution in [0.1, 0.15) is 32.8 Å². The van der Waals surface area contributed by atoms with E-state index >= 15 is 0 Å². The van der Waals surface area contributed by atoms with E-state index in [0.29, 0.717) is 19.0 Å². The maximum absolute atomic E-state index is 12.8. The molecule has 0 aliphatic heterocycles. The summed E-state index contributed by atoms with van der Waals surface area (Å²) in [5, 5.41) is 13.7. The molecular weight excluding hydrogens is 205 g/mol. The molecular formula is C13H20FNO. The Balaban J connectivity index is 2.82. The van der Waals surface area contributed by atoms with Crippen LogP contribution in [0.15, 0.2) is 24.3 Å². The van der Waals surface area contributed by atoms with Gasteiger partial charge < -0.3 is 10.4 Å². The molecule has 1 atom stereocenters. The van der Waals surface area contributed by atoms with E-state index in [9.17, 15) is 9.50 Å². The topological polar surface area (TPSA) is 32.3 Å². The maximum Gasteiger partial charge on any atom is 0.123 e. The van der Waals surface area contributed by atoms with Crippen LogP contribution in [0.4, 0.5) is 4.39 Å². The van der Waals surface area contributed by atoms with Crippen LogP contribution < -0.4 is 5.32 Å². The van der Waals surface area contributed by atoms with Crippen LogP contribution in [0, 0.1) is 5.82 Å². The van der Waals surface area contributed by atoms with Crippen molar-refractivity contribution >= 4 is 0 Å². The SMILES string of the molecule is CCC(O)(CNC(C)C)c1ccc(F)cc1. The first-order valence-electron chi connectivity index (χ1n) is 5.70. The smallest absolute Gasteiger partial charge is 0.123 e. The van der Waals surface area contributed by atoms with Crippen LogP contribution >= 0.6 is 0 Å². The Morgan fingerprint density at radius 3 is 2.31 bits per heavy atom. The summed E-state index contributed by atoms with van der Waals surface area (Å²) in [5.41, 5.74) is -0.164. The number of halogens is 1. The largest absolute Gasteiger partial charge is 0.384 e. The van der Waals surface area contributed by atoms with Gasteiger partial charge in [-0.2, -0.15) is 0 Å². The number of rotatable bonds is 5. The summed E-state index contributed by atoms with van der Waals surface area (Å²) in [6.45, 7) is 6.46. The highest BCUT2D eigenvalue weighted by molar-refractivity contribution is 5.23. The lowest BCUT2D eigenvalue weighted by atomic mass is 9.91. The number of aliphatic hydroxyl groups is 1. The molecule has 0 saturated heterocycles. The van der Waals surface area contributed by atoms with E-state index in [1.165, 1.54) is 12.1 Å². The monoisotopic (exact) mass is 225 g/mol. The summed E-state index contributed by atoms with van der Waals surface area (Å²) < 4.78 is 12.8. The highest BCUT2D eigenvalue weighted by atomic mass is 19.1. The molecule has 3 heteroatoms. The molecule has 1 aromatic carbocycles. The van der Waals surface area contributed by atoms with Crippen molar-refractivity contribution in [1.82, 2.24) is 5.32 Å². The summed E-state index contributed by atoms with van der Waals surface area (Å²) in [7, 11) is 0. The lowest BCUT2D eigenvalue weighted by Crippen LogP contribution is -2.40. The lowest BCUT2D eigenvalue weighted by molar-refractivity contribution is 0.0308. The molecule has 1 aromatic rings. The Morgan fingerprint density at radius 1 is 1.31 bits per heavy atom. The number of hydrogen-bond donors (Lipinski definition) is 2. The Morgan fingerprint density at radius 2 is 1.88 bits per heavy atom. The van der Waals surface area contributed by atoms with Gasteiger partial charge >= 0.3 is 0 Å². The molecule has 1 unspecified atom stereocenters. The maximum atomic E-state index is 12.8. The van der Waals surface area contributed by atoms with Crippen molar-refractivity contribution in [2.24, 2.45) is 0 Å². The van der Waals surface area contributed by atoms with Gasteiger partial charge in [0.15, 0.2) is 0 Å². The Kier molecular flexibility index (Phi) is 4.44. The minimum absolute atomic E-state index is 0.279. The van der Waals surface area contributed by atoms with E-state index in [1.54, 1.807) is 12.1 Å². The van der Waals surface area contributed by atoms with Gasteiger partial charge in [-0.25, -0.2) is 4.39 Å². The summed E-state index contributed by atoms with van der Waals surface area (Å²) in [6.07, 6.45) is 0.596. The summed E-state index contributed by atoms with van der Waals surface area (Å²) in [5.74, 6) is -0.279. The summed E-state index contributed by atoms with van der Waals surface area (Å²) in [4.78, 5) is 0. The molecule has 2 nitrogen and oxygen atoms in total. The van der Waals surface area contributed by atoms with Gasteiger partial charge in [-0.1, -0.05) is 32.9 Å². The third-order valence-corrected chi connectivity index (χ3v) is 2.77. The second-order valence-corrected chi connectivity index (χ2v) is 4.43. The van der Waals surface area contributed by atoms with E-state index in [2.05, 4.69) is 5.32 Å². The van der Waals surface area contributed by atoms with Crippen LogP contribution in [-0.2, 0) is 5.60 Å². The van der Waals surface area contributed by atoms with E-state index in [1.807, 2.05) is 20.8 Å². The van der Waals surface area contributed by atoms with E-state index < -0.39 is 5.60 Å². The predicted molar refractivity (Wildman–Crippen MR) is 63.7 cm³/mol. The summed E-state index contributed by atoms with van der Waals surface area (Å²) >= 11 is 0. The van der Waals surface area contributed by atoms with Crippen molar-refractivity contribution < 1.29 is 9.50 Å². The van der Waals surface area contributed by atoms with Gasteiger partial charge in [-0.05, 0) is 24.1 Å².